The zero-order valence-electron chi connectivity index (χ0n) is 23.6. The minimum atomic E-state index is -4.63. The third-order valence-corrected chi connectivity index (χ3v) is 8.38. The normalized spacial score (nSPS) is 14.9. The molecule has 0 aromatic heterocycles. The van der Waals surface area contributed by atoms with Gasteiger partial charge < -0.3 is 15.0 Å². The fraction of sp³-hybridized carbons (Fsp3) is 0.517. The molecule has 2 aromatic carbocycles. The van der Waals surface area contributed by atoms with E-state index in [0.717, 1.165) is 60.0 Å². The lowest BCUT2D eigenvalue weighted by Gasteiger charge is -2.32. The van der Waals surface area contributed by atoms with E-state index in [1.165, 1.54) is 18.1 Å². The highest BCUT2D eigenvalue weighted by atomic mass is 32.2. The molecule has 1 aliphatic rings. The summed E-state index contributed by atoms with van der Waals surface area (Å²) in [5, 5.41) is 3.07. The maximum atomic E-state index is 13.6. The van der Waals surface area contributed by atoms with Gasteiger partial charge in [0.15, 0.2) is 0 Å². The van der Waals surface area contributed by atoms with Crippen molar-refractivity contribution >= 4 is 27.5 Å². The van der Waals surface area contributed by atoms with Crippen molar-refractivity contribution in [1.29, 1.82) is 0 Å². The molecule has 1 fully saturated rings. The van der Waals surface area contributed by atoms with Gasteiger partial charge in [-0.15, -0.1) is 0 Å². The van der Waals surface area contributed by atoms with Crippen LogP contribution in [0.3, 0.4) is 0 Å². The number of alkyl halides is 3. The number of nitrogens with zero attached hydrogens (tertiary/aromatic N) is 2. The van der Waals surface area contributed by atoms with Gasteiger partial charge in [0.1, 0.15) is 11.8 Å². The van der Waals surface area contributed by atoms with E-state index in [1.54, 1.807) is 18.2 Å². The number of anilines is 1. The lowest BCUT2D eigenvalue weighted by molar-refractivity contribution is -0.141. The van der Waals surface area contributed by atoms with Crippen molar-refractivity contribution in [3.05, 3.63) is 59.7 Å². The molecule has 0 unspecified atom stereocenters. The van der Waals surface area contributed by atoms with Crippen molar-refractivity contribution in [3.63, 3.8) is 0 Å². The van der Waals surface area contributed by atoms with Gasteiger partial charge >= 0.3 is 6.18 Å². The van der Waals surface area contributed by atoms with Crippen molar-refractivity contribution in [1.82, 2.24) is 10.2 Å². The summed E-state index contributed by atoms with van der Waals surface area (Å²) in [4.78, 5) is 28.4. The molecule has 1 aliphatic carbocycles. The second-order valence-corrected chi connectivity index (χ2v) is 12.2. The van der Waals surface area contributed by atoms with Gasteiger partial charge in [-0.3, -0.25) is 13.9 Å². The number of halogens is 3. The summed E-state index contributed by atoms with van der Waals surface area (Å²) in [6.45, 7) is 1.75. The molecule has 0 radical (unpaired) electrons. The number of hydrogen-bond acceptors (Lipinski definition) is 5. The van der Waals surface area contributed by atoms with Crippen LogP contribution in [0.4, 0.5) is 18.9 Å². The summed E-state index contributed by atoms with van der Waals surface area (Å²) < 4.78 is 70.9. The number of amides is 2. The number of hydrogen-bond donors (Lipinski definition) is 1. The van der Waals surface area contributed by atoms with Crippen LogP contribution in [0.15, 0.2) is 48.5 Å². The monoisotopic (exact) mass is 597 g/mol. The molecule has 41 heavy (non-hydrogen) atoms. The van der Waals surface area contributed by atoms with Crippen molar-refractivity contribution in [2.24, 2.45) is 0 Å². The van der Waals surface area contributed by atoms with E-state index in [4.69, 9.17) is 4.74 Å². The molecule has 1 saturated carbocycles. The van der Waals surface area contributed by atoms with Crippen LogP contribution in [0.25, 0.3) is 0 Å². The smallest absolute Gasteiger partial charge is 0.416 e. The zero-order chi connectivity index (χ0) is 30.2. The number of methoxy groups -OCH3 is 1. The van der Waals surface area contributed by atoms with Crippen LogP contribution in [0.2, 0.25) is 0 Å². The van der Waals surface area contributed by atoms with Crippen LogP contribution in [0.5, 0.6) is 5.75 Å². The van der Waals surface area contributed by atoms with Gasteiger partial charge in [-0.1, -0.05) is 38.0 Å². The van der Waals surface area contributed by atoms with Gasteiger partial charge in [-0.05, 0) is 61.6 Å². The first-order valence-corrected chi connectivity index (χ1v) is 15.6. The third kappa shape index (κ3) is 9.11. The topological polar surface area (TPSA) is 96.0 Å². The van der Waals surface area contributed by atoms with Crippen LogP contribution in [0.1, 0.15) is 63.0 Å². The molecule has 0 spiro atoms. The van der Waals surface area contributed by atoms with Crippen LogP contribution in [-0.2, 0) is 32.3 Å². The molecule has 2 amide bonds. The molecule has 2 aromatic rings. The van der Waals surface area contributed by atoms with Crippen molar-refractivity contribution < 1.29 is 35.9 Å². The number of nitrogens with one attached hydrogen (secondary N) is 1. The number of benzene rings is 2. The molecule has 0 saturated heterocycles. The Balaban J connectivity index is 1.80. The average Bonchev–Trinajstić information content (AvgIpc) is 3.43. The molecule has 1 atom stereocenters. The Hall–Kier alpha value is -3.28. The second-order valence-electron chi connectivity index (χ2n) is 10.3. The molecule has 226 valence electrons. The SMILES string of the molecule is CC[C@@H](C(=O)NC1CCCC1)N(Cc1cccc(OC)c1)C(=O)CCCN(c1cccc(C(F)(F)F)c1)S(C)(=O)=O. The summed E-state index contributed by atoms with van der Waals surface area (Å²) in [6, 6.07) is 10.6. The highest BCUT2D eigenvalue weighted by Gasteiger charge is 2.33. The molecule has 0 aliphatic heterocycles. The van der Waals surface area contributed by atoms with Crippen molar-refractivity contribution in [2.75, 3.05) is 24.2 Å². The third-order valence-electron chi connectivity index (χ3n) is 7.19. The molecule has 0 bridgehead atoms. The quantitative estimate of drug-likeness (QED) is 0.346. The fourth-order valence-corrected chi connectivity index (χ4v) is 6.05. The van der Waals surface area contributed by atoms with E-state index in [2.05, 4.69) is 5.32 Å². The van der Waals surface area contributed by atoms with E-state index in [9.17, 15) is 31.2 Å². The second kappa shape index (κ2) is 14.1. The summed E-state index contributed by atoms with van der Waals surface area (Å²) in [5.74, 6) is -0.000606. The molecule has 1 N–H and O–H groups in total. The molecule has 3 rings (SSSR count). The predicted octanol–water partition coefficient (Wildman–Crippen LogP) is 5.13. The number of carbonyl (C=O) groups is 2. The van der Waals surface area contributed by atoms with Gasteiger partial charge in [0.2, 0.25) is 21.8 Å². The van der Waals surface area contributed by atoms with E-state index < -0.39 is 27.8 Å². The Morgan fingerprint density at radius 2 is 1.78 bits per heavy atom. The largest absolute Gasteiger partial charge is 0.497 e. The summed E-state index contributed by atoms with van der Waals surface area (Å²) in [6.07, 6.45) is 0.432. The minimum absolute atomic E-state index is 0.0391. The Bertz CT molecular complexity index is 1300. The number of sulfonamides is 1. The summed E-state index contributed by atoms with van der Waals surface area (Å²) >= 11 is 0. The van der Waals surface area contributed by atoms with Gasteiger partial charge in [0.25, 0.3) is 0 Å². The van der Waals surface area contributed by atoms with Crippen molar-refractivity contribution in [2.45, 2.75) is 76.7 Å². The Labute approximate surface area is 239 Å². The maximum absolute atomic E-state index is 13.6. The van der Waals surface area contributed by atoms with Gasteiger partial charge in [-0.25, -0.2) is 8.42 Å². The van der Waals surface area contributed by atoms with Crippen LogP contribution in [0, 0.1) is 0 Å². The van der Waals surface area contributed by atoms with E-state index in [0.29, 0.717) is 12.2 Å². The Morgan fingerprint density at radius 1 is 1.10 bits per heavy atom. The summed E-state index contributed by atoms with van der Waals surface area (Å²) in [7, 11) is -2.41. The van der Waals surface area contributed by atoms with E-state index in [1.807, 2.05) is 13.0 Å². The van der Waals surface area contributed by atoms with Gasteiger partial charge in [0.05, 0.1) is 24.6 Å². The molecule has 8 nitrogen and oxygen atoms in total. The first kappa shape index (κ1) is 32.2. The van der Waals surface area contributed by atoms with Crippen molar-refractivity contribution in [3.8, 4) is 5.75 Å². The first-order chi connectivity index (χ1) is 19.3. The van der Waals surface area contributed by atoms with E-state index in [-0.39, 0.29) is 49.5 Å². The van der Waals surface area contributed by atoms with Crippen LogP contribution in [-0.4, -0.2) is 57.1 Å². The molecular weight excluding hydrogens is 559 g/mol. The standard InChI is InChI=1S/C29H38F3N3O5S/c1-4-26(28(37)33-23-12-5-6-13-23)34(20-21-10-7-15-25(18-21)40-2)27(36)16-9-17-35(41(3,38)39)24-14-8-11-22(19-24)29(30,31)32/h7-8,10-11,14-15,18-19,23,26H,4-6,9,12-13,16-17,20H2,1-3H3,(H,33,37)/t26-/m0/s1. The van der Waals surface area contributed by atoms with E-state index >= 15 is 0 Å². The van der Waals surface area contributed by atoms with Crippen LogP contribution >= 0.6 is 0 Å². The lowest BCUT2D eigenvalue weighted by atomic mass is 10.1. The molecular formula is C29H38F3N3O5S. The Kier molecular flexibility index (Phi) is 11.1. The highest BCUT2D eigenvalue weighted by Crippen LogP contribution is 2.32. The fourth-order valence-electron chi connectivity index (χ4n) is 5.10. The minimum Gasteiger partial charge on any atom is -0.497 e. The lowest BCUT2D eigenvalue weighted by Crippen LogP contribution is -2.51. The predicted molar refractivity (Wildman–Crippen MR) is 151 cm³/mol. The van der Waals surface area contributed by atoms with Gasteiger partial charge in [0, 0.05) is 25.6 Å². The molecule has 12 heteroatoms. The Morgan fingerprint density at radius 3 is 2.39 bits per heavy atom. The highest BCUT2D eigenvalue weighted by molar-refractivity contribution is 7.92. The number of carbonyl (C=O) groups excluding carboxylic acids is 2. The van der Waals surface area contributed by atoms with Gasteiger partial charge in [-0.2, -0.15) is 13.2 Å². The number of rotatable bonds is 13. The van der Waals surface area contributed by atoms with Crippen LogP contribution < -0.4 is 14.4 Å². The average molecular weight is 598 g/mol. The molecule has 0 heterocycles. The zero-order valence-corrected chi connectivity index (χ0v) is 24.4. The first-order valence-electron chi connectivity index (χ1n) is 13.7. The number of ether oxygens (including phenoxy) is 1. The summed E-state index contributed by atoms with van der Waals surface area (Å²) in [5.41, 5.74) is -0.347. The maximum Gasteiger partial charge on any atom is 0.416 e.